The predicted molar refractivity (Wildman–Crippen MR) is 85.8 cm³/mol. The molecule has 0 aromatic carbocycles. The lowest BCUT2D eigenvalue weighted by Crippen LogP contribution is -1.96. The summed E-state index contributed by atoms with van der Waals surface area (Å²) in [4.78, 5) is 4.65. The van der Waals surface area contributed by atoms with Gasteiger partial charge in [-0.2, -0.15) is 0 Å². The van der Waals surface area contributed by atoms with Gasteiger partial charge in [0.2, 0.25) is 0 Å². The first kappa shape index (κ1) is 13.2. The van der Waals surface area contributed by atoms with E-state index in [1.165, 1.54) is 41.0 Å². The molecular formula is C14H14BrClS2. The van der Waals surface area contributed by atoms with E-state index in [-0.39, 0.29) is 0 Å². The predicted octanol–water partition coefficient (Wildman–Crippen LogP) is 6.13. The van der Waals surface area contributed by atoms with Crippen molar-refractivity contribution in [3.63, 3.8) is 0 Å². The van der Waals surface area contributed by atoms with Gasteiger partial charge in [-0.15, -0.1) is 22.7 Å². The standard InChI is InChI=1S/C14H14BrClS2/c1-8-6-11(18-14(8)16)13(15)12-7-9-4-2-3-5-10(9)17-12/h6-7,13H,2-5H2,1H3. The first-order valence-corrected chi connectivity index (χ1v) is 9.09. The van der Waals surface area contributed by atoms with Crippen LogP contribution in [0.15, 0.2) is 12.1 Å². The molecule has 0 N–H and O–H groups in total. The lowest BCUT2D eigenvalue weighted by Gasteiger charge is -2.08. The summed E-state index contributed by atoms with van der Waals surface area (Å²) >= 11 is 13.7. The van der Waals surface area contributed by atoms with E-state index < -0.39 is 0 Å². The van der Waals surface area contributed by atoms with Crippen LogP contribution in [0.5, 0.6) is 0 Å². The molecule has 2 aromatic heterocycles. The maximum absolute atomic E-state index is 6.16. The zero-order valence-electron chi connectivity index (χ0n) is 10.1. The maximum Gasteiger partial charge on any atom is 0.0960 e. The Balaban J connectivity index is 1.92. The lowest BCUT2D eigenvalue weighted by atomic mass is 9.99. The molecule has 1 aliphatic rings. The SMILES string of the molecule is Cc1cc(C(Br)c2cc3c(s2)CCCC3)sc1Cl. The van der Waals surface area contributed by atoms with Crippen molar-refractivity contribution in [3.8, 4) is 0 Å². The van der Waals surface area contributed by atoms with Crippen LogP contribution in [0.4, 0.5) is 0 Å². The largest absolute Gasteiger partial charge is 0.144 e. The van der Waals surface area contributed by atoms with Gasteiger partial charge in [0.05, 0.1) is 9.16 Å². The number of rotatable bonds is 2. The van der Waals surface area contributed by atoms with Crippen LogP contribution in [0.2, 0.25) is 4.34 Å². The second-order valence-electron chi connectivity index (χ2n) is 4.77. The first-order valence-electron chi connectivity index (χ1n) is 6.16. The molecule has 1 aliphatic carbocycles. The Labute approximate surface area is 129 Å². The van der Waals surface area contributed by atoms with E-state index >= 15 is 0 Å². The van der Waals surface area contributed by atoms with E-state index in [1.54, 1.807) is 21.8 Å². The number of hydrogen-bond donors (Lipinski definition) is 0. The van der Waals surface area contributed by atoms with Crippen LogP contribution in [-0.4, -0.2) is 0 Å². The van der Waals surface area contributed by atoms with Crippen molar-refractivity contribution in [3.05, 3.63) is 42.2 Å². The quantitative estimate of drug-likeness (QED) is 0.564. The normalized spacial score (nSPS) is 16.6. The summed E-state index contributed by atoms with van der Waals surface area (Å²) in [6.07, 6.45) is 5.23. The Kier molecular flexibility index (Phi) is 3.86. The van der Waals surface area contributed by atoms with Crippen LogP contribution in [0.1, 0.15) is 43.4 Å². The second-order valence-corrected chi connectivity index (χ2v) is 8.54. The Hall–Kier alpha value is 0.170. The van der Waals surface area contributed by atoms with Crippen molar-refractivity contribution in [1.29, 1.82) is 0 Å². The van der Waals surface area contributed by atoms with Gasteiger partial charge in [-0.25, -0.2) is 0 Å². The van der Waals surface area contributed by atoms with Gasteiger partial charge in [0, 0.05) is 14.6 Å². The summed E-state index contributed by atoms with van der Waals surface area (Å²) in [6, 6.07) is 4.59. The van der Waals surface area contributed by atoms with Crippen LogP contribution in [-0.2, 0) is 12.8 Å². The number of aryl methyl sites for hydroxylation is 3. The summed E-state index contributed by atoms with van der Waals surface area (Å²) < 4.78 is 0.913. The van der Waals surface area contributed by atoms with Gasteiger partial charge in [-0.3, -0.25) is 0 Å². The third kappa shape index (κ3) is 2.43. The highest BCUT2D eigenvalue weighted by atomic mass is 79.9. The summed E-state index contributed by atoms with van der Waals surface area (Å²) in [5, 5.41) is 0. The van der Waals surface area contributed by atoms with Crippen molar-refractivity contribution in [2.45, 2.75) is 37.4 Å². The van der Waals surface area contributed by atoms with E-state index in [1.807, 2.05) is 11.3 Å². The highest BCUT2D eigenvalue weighted by Crippen LogP contribution is 2.43. The second kappa shape index (κ2) is 5.28. The maximum atomic E-state index is 6.16. The zero-order valence-corrected chi connectivity index (χ0v) is 14.1. The van der Waals surface area contributed by atoms with Crippen molar-refractivity contribution < 1.29 is 0 Å². The average molecular weight is 362 g/mol. The topological polar surface area (TPSA) is 0 Å². The van der Waals surface area contributed by atoms with Gasteiger partial charge in [-0.05, 0) is 55.9 Å². The van der Waals surface area contributed by atoms with Crippen molar-refractivity contribution >= 4 is 50.2 Å². The molecule has 0 saturated carbocycles. The minimum Gasteiger partial charge on any atom is -0.144 e. The van der Waals surface area contributed by atoms with E-state index in [0.717, 1.165) is 4.34 Å². The van der Waals surface area contributed by atoms with Crippen LogP contribution in [0, 0.1) is 6.92 Å². The number of alkyl halides is 1. The molecule has 0 radical (unpaired) electrons. The summed E-state index contributed by atoms with van der Waals surface area (Å²) in [5.74, 6) is 0. The van der Waals surface area contributed by atoms with E-state index in [4.69, 9.17) is 11.6 Å². The molecule has 4 heteroatoms. The molecule has 96 valence electrons. The van der Waals surface area contributed by atoms with Gasteiger partial charge in [0.25, 0.3) is 0 Å². The van der Waals surface area contributed by atoms with Crippen LogP contribution in [0.3, 0.4) is 0 Å². The summed E-state index contributed by atoms with van der Waals surface area (Å²) in [7, 11) is 0. The van der Waals surface area contributed by atoms with E-state index in [2.05, 4.69) is 35.0 Å². The Morgan fingerprint density at radius 2 is 1.89 bits per heavy atom. The van der Waals surface area contributed by atoms with Gasteiger partial charge in [0.1, 0.15) is 0 Å². The van der Waals surface area contributed by atoms with Crippen LogP contribution >= 0.6 is 50.2 Å². The molecule has 3 rings (SSSR count). The Morgan fingerprint density at radius 1 is 1.17 bits per heavy atom. The molecule has 0 amide bonds. The highest BCUT2D eigenvalue weighted by molar-refractivity contribution is 9.09. The summed E-state index contributed by atoms with van der Waals surface area (Å²) in [5.41, 5.74) is 2.76. The molecule has 0 spiro atoms. The lowest BCUT2D eigenvalue weighted by molar-refractivity contribution is 0.697. The van der Waals surface area contributed by atoms with Crippen LogP contribution in [0.25, 0.3) is 0 Å². The number of halogens is 2. The molecule has 2 aromatic rings. The number of fused-ring (bicyclic) bond motifs is 1. The number of hydrogen-bond acceptors (Lipinski definition) is 2. The Morgan fingerprint density at radius 3 is 2.56 bits per heavy atom. The minimum atomic E-state index is 0.310. The molecule has 0 bridgehead atoms. The Bertz CT molecular complexity index is 527. The zero-order chi connectivity index (χ0) is 12.7. The fourth-order valence-electron chi connectivity index (χ4n) is 2.39. The molecular weight excluding hydrogens is 348 g/mol. The molecule has 0 aliphatic heterocycles. The van der Waals surface area contributed by atoms with Crippen molar-refractivity contribution in [1.82, 2.24) is 0 Å². The number of thiophene rings is 2. The fraction of sp³-hybridized carbons (Fsp3) is 0.429. The van der Waals surface area contributed by atoms with Crippen molar-refractivity contribution in [2.24, 2.45) is 0 Å². The van der Waals surface area contributed by atoms with Gasteiger partial charge >= 0.3 is 0 Å². The van der Waals surface area contributed by atoms with Gasteiger partial charge < -0.3 is 0 Å². The van der Waals surface area contributed by atoms with Gasteiger partial charge in [0.15, 0.2) is 0 Å². The van der Waals surface area contributed by atoms with Crippen molar-refractivity contribution in [2.75, 3.05) is 0 Å². The molecule has 2 heterocycles. The molecule has 1 unspecified atom stereocenters. The summed E-state index contributed by atoms with van der Waals surface area (Å²) in [6.45, 7) is 2.07. The van der Waals surface area contributed by atoms with E-state index in [9.17, 15) is 0 Å². The fourth-order valence-corrected chi connectivity index (χ4v) is 5.76. The highest BCUT2D eigenvalue weighted by Gasteiger charge is 2.20. The van der Waals surface area contributed by atoms with Gasteiger partial charge in [-0.1, -0.05) is 27.5 Å². The molecule has 0 fully saturated rings. The first-order chi connectivity index (χ1) is 8.65. The molecule has 0 nitrogen and oxygen atoms in total. The molecule has 0 saturated heterocycles. The smallest absolute Gasteiger partial charge is 0.0960 e. The molecule has 1 atom stereocenters. The molecule has 18 heavy (non-hydrogen) atoms. The minimum absolute atomic E-state index is 0.310. The van der Waals surface area contributed by atoms with E-state index in [0.29, 0.717) is 4.83 Å². The monoisotopic (exact) mass is 360 g/mol. The third-order valence-electron chi connectivity index (χ3n) is 3.39. The third-order valence-corrected chi connectivity index (χ3v) is 7.91. The van der Waals surface area contributed by atoms with Crippen LogP contribution < -0.4 is 0 Å². The average Bonchev–Trinajstić information content (AvgIpc) is 2.93.